The van der Waals surface area contributed by atoms with Crippen LogP contribution in [0.1, 0.15) is 19.3 Å². The monoisotopic (exact) mass is 292 g/mol. The van der Waals surface area contributed by atoms with Crippen LogP contribution in [0.3, 0.4) is 0 Å². The molecule has 0 bridgehead atoms. The van der Waals surface area contributed by atoms with Crippen molar-refractivity contribution in [1.29, 1.82) is 0 Å². The number of aliphatic hydroxyl groups is 1. The molecule has 1 N–H and O–H groups in total. The van der Waals surface area contributed by atoms with Gasteiger partial charge in [0.05, 0.1) is 24.6 Å². The first-order chi connectivity index (χ1) is 8.97. The van der Waals surface area contributed by atoms with E-state index in [-0.39, 0.29) is 18.0 Å². The topological polar surface area (TPSA) is 70.1 Å². The van der Waals surface area contributed by atoms with Gasteiger partial charge in [0.2, 0.25) is 10.0 Å². The fourth-order valence-electron chi connectivity index (χ4n) is 2.64. The van der Waals surface area contributed by atoms with Crippen LogP contribution in [0.15, 0.2) is 0 Å². The predicted molar refractivity (Wildman–Crippen MR) is 72.5 cm³/mol. The maximum atomic E-state index is 12.4. The molecule has 2 aliphatic rings. The molecule has 0 aromatic carbocycles. The van der Waals surface area contributed by atoms with Crippen molar-refractivity contribution in [2.45, 2.75) is 31.5 Å². The van der Waals surface area contributed by atoms with Crippen molar-refractivity contribution in [3.05, 3.63) is 0 Å². The van der Waals surface area contributed by atoms with E-state index in [1.807, 2.05) is 7.05 Å². The minimum atomic E-state index is -3.28. The van der Waals surface area contributed by atoms with Crippen molar-refractivity contribution in [1.82, 2.24) is 9.21 Å². The molecule has 0 aliphatic carbocycles. The van der Waals surface area contributed by atoms with Crippen LogP contribution in [0.4, 0.5) is 0 Å². The molecule has 2 atom stereocenters. The average Bonchev–Trinajstić information content (AvgIpc) is 2.54. The van der Waals surface area contributed by atoms with Crippen LogP contribution < -0.4 is 0 Å². The molecule has 19 heavy (non-hydrogen) atoms. The van der Waals surface area contributed by atoms with Crippen LogP contribution >= 0.6 is 0 Å². The Morgan fingerprint density at radius 3 is 2.79 bits per heavy atom. The molecular weight excluding hydrogens is 268 g/mol. The summed E-state index contributed by atoms with van der Waals surface area (Å²) >= 11 is 0. The Bertz CT molecular complexity index is 387. The number of rotatable bonds is 3. The van der Waals surface area contributed by atoms with Gasteiger partial charge < -0.3 is 14.7 Å². The lowest BCUT2D eigenvalue weighted by Crippen LogP contribution is -2.46. The van der Waals surface area contributed by atoms with Gasteiger partial charge >= 0.3 is 0 Å². The molecule has 2 unspecified atom stereocenters. The quantitative estimate of drug-likeness (QED) is 0.759. The number of hydrogen-bond acceptors (Lipinski definition) is 5. The van der Waals surface area contributed by atoms with Gasteiger partial charge in [-0.1, -0.05) is 0 Å². The zero-order valence-electron chi connectivity index (χ0n) is 11.5. The van der Waals surface area contributed by atoms with E-state index in [9.17, 15) is 13.5 Å². The van der Waals surface area contributed by atoms with E-state index in [1.54, 1.807) is 0 Å². The Morgan fingerprint density at radius 1 is 1.26 bits per heavy atom. The highest BCUT2D eigenvalue weighted by Gasteiger charge is 2.30. The Balaban J connectivity index is 1.93. The molecule has 2 rings (SSSR count). The van der Waals surface area contributed by atoms with Crippen LogP contribution in [0, 0.1) is 0 Å². The number of likely N-dealkylation sites (N-methyl/N-ethyl adjacent to an activating group) is 1. The van der Waals surface area contributed by atoms with E-state index in [2.05, 4.69) is 4.90 Å². The van der Waals surface area contributed by atoms with Crippen molar-refractivity contribution in [3.63, 3.8) is 0 Å². The van der Waals surface area contributed by atoms with E-state index in [1.165, 1.54) is 4.31 Å². The summed E-state index contributed by atoms with van der Waals surface area (Å²) in [6.07, 6.45) is 1.35. The first-order valence-corrected chi connectivity index (χ1v) is 8.54. The van der Waals surface area contributed by atoms with Crippen LogP contribution in [0.2, 0.25) is 0 Å². The van der Waals surface area contributed by atoms with Crippen LogP contribution in [-0.4, -0.2) is 80.5 Å². The fourth-order valence-corrected chi connectivity index (χ4v) is 4.31. The number of aliphatic hydroxyl groups excluding tert-OH is 1. The van der Waals surface area contributed by atoms with Crippen LogP contribution in [0.5, 0.6) is 0 Å². The molecule has 2 aliphatic heterocycles. The first kappa shape index (κ1) is 15.2. The standard InChI is InChI=1S/C12H24N2O4S/c1-13-7-8-18-12(9-13)10-19(16,17)14-5-2-3-11(15)4-6-14/h11-12,15H,2-10H2,1H3. The number of ether oxygens (including phenoxy) is 1. The zero-order chi connectivity index (χ0) is 13.9. The molecule has 112 valence electrons. The van der Waals surface area contributed by atoms with E-state index in [0.29, 0.717) is 39.1 Å². The number of sulfonamides is 1. The summed E-state index contributed by atoms with van der Waals surface area (Å²) in [4.78, 5) is 2.09. The summed E-state index contributed by atoms with van der Waals surface area (Å²) in [5, 5.41) is 9.58. The van der Waals surface area contributed by atoms with E-state index in [0.717, 1.165) is 13.0 Å². The summed E-state index contributed by atoms with van der Waals surface area (Å²) in [5.74, 6) is 0.0490. The van der Waals surface area contributed by atoms with Gasteiger partial charge in [-0.3, -0.25) is 0 Å². The highest BCUT2D eigenvalue weighted by atomic mass is 32.2. The minimum Gasteiger partial charge on any atom is -0.393 e. The maximum absolute atomic E-state index is 12.4. The lowest BCUT2D eigenvalue weighted by atomic mass is 10.2. The minimum absolute atomic E-state index is 0.0490. The molecule has 6 nitrogen and oxygen atoms in total. The van der Waals surface area contributed by atoms with Gasteiger partial charge in [-0.05, 0) is 26.3 Å². The molecule has 2 saturated heterocycles. The molecule has 0 aromatic heterocycles. The van der Waals surface area contributed by atoms with Gasteiger partial charge in [-0.15, -0.1) is 0 Å². The van der Waals surface area contributed by atoms with E-state index < -0.39 is 10.0 Å². The average molecular weight is 292 g/mol. The highest BCUT2D eigenvalue weighted by Crippen LogP contribution is 2.16. The predicted octanol–water partition coefficient (Wildman–Crippen LogP) is -0.506. The third-order valence-electron chi connectivity index (χ3n) is 3.79. The van der Waals surface area contributed by atoms with Gasteiger partial charge in [0.15, 0.2) is 0 Å². The van der Waals surface area contributed by atoms with Crippen molar-refractivity contribution < 1.29 is 18.3 Å². The highest BCUT2D eigenvalue weighted by molar-refractivity contribution is 7.89. The molecule has 2 heterocycles. The second kappa shape index (κ2) is 6.49. The van der Waals surface area contributed by atoms with E-state index >= 15 is 0 Å². The van der Waals surface area contributed by atoms with Gasteiger partial charge in [-0.2, -0.15) is 0 Å². The van der Waals surface area contributed by atoms with Crippen molar-refractivity contribution in [3.8, 4) is 0 Å². The van der Waals surface area contributed by atoms with Gasteiger partial charge in [0.25, 0.3) is 0 Å². The fraction of sp³-hybridized carbons (Fsp3) is 1.00. The molecule has 0 aromatic rings. The number of morpholine rings is 1. The number of hydrogen-bond donors (Lipinski definition) is 1. The third-order valence-corrected chi connectivity index (χ3v) is 5.73. The Labute approximate surface area is 115 Å². The Kier molecular flexibility index (Phi) is 5.19. The summed E-state index contributed by atoms with van der Waals surface area (Å²) in [6, 6.07) is 0. The normalized spacial score (nSPS) is 32.1. The summed E-state index contributed by atoms with van der Waals surface area (Å²) < 4.78 is 31.8. The third kappa shape index (κ3) is 4.39. The summed E-state index contributed by atoms with van der Waals surface area (Å²) in [5.41, 5.74) is 0. The second-order valence-electron chi connectivity index (χ2n) is 5.52. The lowest BCUT2D eigenvalue weighted by Gasteiger charge is -2.31. The second-order valence-corrected chi connectivity index (χ2v) is 7.53. The molecule has 0 saturated carbocycles. The Hall–Kier alpha value is -0.210. The summed E-state index contributed by atoms with van der Waals surface area (Å²) in [6.45, 7) is 3.05. The molecular formula is C12H24N2O4S. The van der Waals surface area contributed by atoms with Gasteiger partial charge in [-0.25, -0.2) is 12.7 Å². The smallest absolute Gasteiger partial charge is 0.216 e. The zero-order valence-corrected chi connectivity index (χ0v) is 12.3. The molecule has 0 spiro atoms. The SMILES string of the molecule is CN1CCOC(CS(=O)(=O)N2CCCC(O)CC2)C1. The molecule has 7 heteroatoms. The molecule has 0 amide bonds. The molecule has 2 fully saturated rings. The van der Waals surface area contributed by atoms with Crippen molar-refractivity contribution in [2.75, 3.05) is 45.6 Å². The van der Waals surface area contributed by atoms with Crippen molar-refractivity contribution in [2.24, 2.45) is 0 Å². The van der Waals surface area contributed by atoms with Crippen molar-refractivity contribution >= 4 is 10.0 Å². The van der Waals surface area contributed by atoms with Crippen LogP contribution in [-0.2, 0) is 14.8 Å². The van der Waals surface area contributed by atoms with E-state index in [4.69, 9.17) is 4.74 Å². The largest absolute Gasteiger partial charge is 0.393 e. The Morgan fingerprint density at radius 2 is 2.05 bits per heavy atom. The molecule has 0 radical (unpaired) electrons. The number of nitrogens with zero attached hydrogens (tertiary/aromatic N) is 2. The maximum Gasteiger partial charge on any atom is 0.216 e. The van der Waals surface area contributed by atoms with Gasteiger partial charge in [0, 0.05) is 26.2 Å². The van der Waals surface area contributed by atoms with Crippen LogP contribution in [0.25, 0.3) is 0 Å². The summed E-state index contributed by atoms with van der Waals surface area (Å²) in [7, 11) is -1.31. The lowest BCUT2D eigenvalue weighted by molar-refractivity contribution is -0.00727. The van der Waals surface area contributed by atoms with Gasteiger partial charge in [0.1, 0.15) is 0 Å². The first-order valence-electron chi connectivity index (χ1n) is 6.93.